The van der Waals surface area contributed by atoms with E-state index in [0.29, 0.717) is 11.5 Å². The number of nitrogens with two attached hydrogens (primary N) is 1. The first-order valence-electron chi connectivity index (χ1n) is 6.47. The van der Waals surface area contributed by atoms with Crippen molar-refractivity contribution in [2.45, 2.75) is 38.5 Å². The summed E-state index contributed by atoms with van der Waals surface area (Å²) in [6.45, 7) is 2.10. The molecule has 1 saturated carbocycles. The van der Waals surface area contributed by atoms with Crippen molar-refractivity contribution in [3.05, 3.63) is 29.3 Å². The third-order valence-corrected chi connectivity index (χ3v) is 3.90. The molecule has 0 heterocycles. The molecule has 0 aliphatic heterocycles. The second kappa shape index (κ2) is 5.04. The summed E-state index contributed by atoms with van der Waals surface area (Å²) in [5, 5.41) is 0. The molecule has 1 aromatic rings. The summed E-state index contributed by atoms with van der Waals surface area (Å²) in [7, 11) is 1.73. The van der Waals surface area contributed by atoms with Crippen LogP contribution >= 0.6 is 0 Å². The number of hydrogen-bond acceptors (Lipinski definition) is 2. The van der Waals surface area contributed by atoms with Gasteiger partial charge in [0.05, 0.1) is 5.56 Å². The number of rotatable bonds is 4. The molecule has 0 amide bonds. The fraction of sp³-hybridized carbons (Fsp3) is 0.571. The van der Waals surface area contributed by atoms with Gasteiger partial charge in [0.1, 0.15) is 0 Å². The summed E-state index contributed by atoms with van der Waals surface area (Å²) in [4.78, 5) is 1.74. The zero-order chi connectivity index (χ0) is 14.2. The van der Waals surface area contributed by atoms with Crippen molar-refractivity contribution in [2.24, 2.45) is 11.7 Å². The van der Waals surface area contributed by atoms with E-state index < -0.39 is 11.7 Å². The molecule has 2 nitrogen and oxygen atoms in total. The van der Waals surface area contributed by atoms with Crippen LogP contribution in [0.4, 0.5) is 18.9 Å². The third-order valence-electron chi connectivity index (χ3n) is 3.90. The number of benzene rings is 1. The Bertz CT molecular complexity index is 452. The number of halogens is 3. The predicted octanol–water partition coefficient (Wildman–Crippen LogP) is 3.40. The molecule has 0 aromatic heterocycles. The van der Waals surface area contributed by atoms with E-state index in [4.69, 9.17) is 5.73 Å². The van der Waals surface area contributed by atoms with Gasteiger partial charge in [-0.2, -0.15) is 13.2 Å². The number of alkyl halides is 3. The van der Waals surface area contributed by atoms with Crippen LogP contribution in [0.1, 0.15) is 30.9 Å². The largest absolute Gasteiger partial charge is 0.418 e. The summed E-state index contributed by atoms with van der Waals surface area (Å²) in [5.74, 6) is 0.514. The molecule has 2 N–H and O–H groups in total. The van der Waals surface area contributed by atoms with Crippen molar-refractivity contribution in [3.63, 3.8) is 0 Å². The Balaban J connectivity index is 2.37. The minimum absolute atomic E-state index is 0.116. The normalized spacial score (nSPS) is 17.4. The lowest BCUT2D eigenvalue weighted by Crippen LogP contribution is -2.32. The first kappa shape index (κ1) is 14.2. The summed E-state index contributed by atoms with van der Waals surface area (Å²) in [6, 6.07) is 4.49. The van der Waals surface area contributed by atoms with Crippen LogP contribution in [0, 0.1) is 5.92 Å². The van der Waals surface area contributed by atoms with Crippen molar-refractivity contribution in [2.75, 3.05) is 11.9 Å². The SMILES string of the molecule is CC(C1CC1)N(C)c1ccc(CN)cc1C(F)(F)F. The van der Waals surface area contributed by atoms with Gasteiger partial charge in [0.25, 0.3) is 0 Å². The van der Waals surface area contributed by atoms with Gasteiger partial charge in [-0.25, -0.2) is 0 Å². The molecule has 1 aromatic carbocycles. The van der Waals surface area contributed by atoms with E-state index >= 15 is 0 Å². The van der Waals surface area contributed by atoms with E-state index in [0.717, 1.165) is 18.9 Å². The van der Waals surface area contributed by atoms with Crippen LogP contribution in [-0.4, -0.2) is 13.1 Å². The lowest BCUT2D eigenvalue weighted by Gasteiger charge is -2.30. The van der Waals surface area contributed by atoms with Gasteiger partial charge >= 0.3 is 6.18 Å². The van der Waals surface area contributed by atoms with E-state index in [-0.39, 0.29) is 18.3 Å². The standard InChI is InChI=1S/C14H19F3N2/c1-9(11-4-5-11)19(2)13-6-3-10(8-18)7-12(13)14(15,16)17/h3,6-7,9,11H,4-5,8,18H2,1-2H3. The number of hydrogen-bond donors (Lipinski definition) is 1. The second-order valence-corrected chi connectivity index (χ2v) is 5.24. The highest BCUT2D eigenvalue weighted by molar-refractivity contribution is 5.56. The summed E-state index contributed by atoms with van der Waals surface area (Å²) in [5.41, 5.74) is 5.58. The molecular formula is C14H19F3N2. The summed E-state index contributed by atoms with van der Waals surface area (Å²) in [6.07, 6.45) is -2.14. The van der Waals surface area contributed by atoms with Crippen LogP contribution in [0.15, 0.2) is 18.2 Å². The monoisotopic (exact) mass is 272 g/mol. The predicted molar refractivity (Wildman–Crippen MR) is 69.9 cm³/mol. The van der Waals surface area contributed by atoms with E-state index in [1.807, 2.05) is 6.92 Å². The zero-order valence-corrected chi connectivity index (χ0v) is 11.2. The third kappa shape index (κ3) is 3.03. The van der Waals surface area contributed by atoms with Crippen LogP contribution < -0.4 is 10.6 Å². The van der Waals surface area contributed by atoms with Gasteiger partial charge in [0, 0.05) is 25.3 Å². The Hall–Kier alpha value is -1.23. The van der Waals surface area contributed by atoms with Crippen LogP contribution in [0.2, 0.25) is 0 Å². The van der Waals surface area contributed by atoms with Crippen LogP contribution in [-0.2, 0) is 12.7 Å². The smallest absolute Gasteiger partial charge is 0.371 e. The Morgan fingerprint density at radius 3 is 2.47 bits per heavy atom. The second-order valence-electron chi connectivity index (χ2n) is 5.24. The van der Waals surface area contributed by atoms with E-state index in [1.165, 1.54) is 6.07 Å². The van der Waals surface area contributed by atoms with Gasteiger partial charge < -0.3 is 10.6 Å². The lowest BCUT2D eigenvalue weighted by molar-refractivity contribution is -0.137. The fourth-order valence-corrected chi connectivity index (χ4v) is 2.36. The molecule has 0 radical (unpaired) electrons. The summed E-state index contributed by atoms with van der Waals surface area (Å²) < 4.78 is 39.4. The molecule has 0 spiro atoms. The van der Waals surface area contributed by atoms with E-state index in [1.54, 1.807) is 18.0 Å². The van der Waals surface area contributed by atoms with Gasteiger partial charge in [-0.05, 0) is 43.4 Å². The van der Waals surface area contributed by atoms with Gasteiger partial charge in [-0.1, -0.05) is 6.07 Å². The Labute approximate surface area is 111 Å². The molecule has 1 aliphatic carbocycles. The summed E-state index contributed by atoms with van der Waals surface area (Å²) >= 11 is 0. The molecule has 0 bridgehead atoms. The molecule has 1 fully saturated rings. The van der Waals surface area contributed by atoms with Gasteiger partial charge in [-0.3, -0.25) is 0 Å². The van der Waals surface area contributed by atoms with E-state index in [9.17, 15) is 13.2 Å². The first-order chi connectivity index (χ1) is 8.84. The fourth-order valence-electron chi connectivity index (χ4n) is 2.36. The molecule has 0 saturated heterocycles. The van der Waals surface area contributed by atoms with Crippen LogP contribution in [0.5, 0.6) is 0 Å². The molecule has 5 heteroatoms. The molecule has 19 heavy (non-hydrogen) atoms. The Kier molecular flexibility index (Phi) is 3.76. The lowest BCUT2D eigenvalue weighted by atomic mass is 10.0. The van der Waals surface area contributed by atoms with Gasteiger partial charge in [0.2, 0.25) is 0 Å². The number of nitrogens with zero attached hydrogens (tertiary/aromatic N) is 1. The average Bonchev–Trinajstić information content (AvgIpc) is 3.19. The highest BCUT2D eigenvalue weighted by atomic mass is 19.4. The van der Waals surface area contributed by atoms with Crippen LogP contribution in [0.3, 0.4) is 0 Å². The highest BCUT2D eigenvalue weighted by Crippen LogP contribution is 2.41. The highest BCUT2D eigenvalue weighted by Gasteiger charge is 2.37. The van der Waals surface area contributed by atoms with Crippen molar-refractivity contribution >= 4 is 5.69 Å². The molecule has 2 rings (SSSR count). The van der Waals surface area contributed by atoms with Crippen molar-refractivity contribution in [3.8, 4) is 0 Å². The maximum atomic E-state index is 13.1. The average molecular weight is 272 g/mol. The zero-order valence-electron chi connectivity index (χ0n) is 11.2. The molecule has 106 valence electrons. The Morgan fingerprint density at radius 1 is 1.37 bits per heavy atom. The van der Waals surface area contributed by atoms with Gasteiger partial charge in [0.15, 0.2) is 0 Å². The van der Waals surface area contributed by atoms with Crippen LogP contribution in [0.25, 0.3) is 0 Å². The quantitative estimate of drug-likeness (QED) is 0.910. The molecule has 1 unspecified atom stereocenters. The Morgan fingerprint density at radius 2 is 2.00 bits per heavy atom. The van der Waals surface area contributed by atoms with Crippen molar-refractivity contribution in [1.82, 2.24) is 0 Å². The molecule has 1 aliphatic rings. The van der Waals surface area contributed by atoms with Crippen molar-refractivity contribution < 1.29 is 13.2 Å². The van der Waals surface area contributed by atoms with E-state index in [2.05, 4.69) is 0 Å². The first-order valence-corrected chi connectivity index (χ1v) is 6.47. The maximum Gasteiger partial charge on any atom is 0.418 e. The maximum absolute atomic E-state index is 13.1. The molecule has 1 atom stereocenters. The van der Waals surface area contributed by atoms with Crippen molar-refractivity contribution in [1.29, 1.82) is 0 Å². The topological polar surface area (TPSA) is 29.3 Å². The minimum atomic E-state index is -4.35. The minimum Gasteiger partial charge on any atom is -0.371 e. The van der Waals surface area contributed by atoms with Gasteiger partial charge in [-0.15, -0.1) is 0 Å². The number of anilines is 1. The molecular weight excluding hydrogens is 253 g/mol.